The van der Waals surface area contributed by atoms with E-state index in [1.807, 2.05) is 0 Å². The number of carbonyl (C=O) groups is 3. The van der Waals surface area contributed by atoms with Crippen molar-refractivity contribution in [3.63, 3.8) is 0 Å². The molecule has 1 heterocycles. The molecule has 3 rings (SSSR count). The Balaban J connectivity index is 2.10. The number of amides is 1. The molecule has 2 aliphatic rings. The van der Waals surface area contributed by atoms with Gasteiger partial charge in [0.05, 0.1) is 6.54 Å². The lowest BCUT2D eigenvalue weighted by Crippen LogP contribution is -2.36. The number of hydrogen-bond acceptors (Lipinski definition) is 3. The Hall–Kier alpha value is -2.31. The number of rotatable bonds is 5. The van der Waals surface area contributed by atoms with Crippen LogP contribution in [-0.4, -0.2) is 33.0 Å². The molecule has 1 saturated heterocycles. The third-order valence-electron chi connectivity index (χ3n) is 5.01. The van der Waals surface area contributed by atoms with Gasteiger partial charge in [0.15, 0.2) is 0 Å². The number of carbonyl (C=O) groups excluding carboxylic acids is 1. The van der Waals surface area contributed by atoms with Gasteiger partial charge in [-0.1, -0.05) is 35.3 Å². The largest absolute Gasteiger partial charge is 0.481 e. The highest BCUT2D eigenvalue weighted by atomic mass is 35.5. The fourth-order valence-corrected chi connectivity index (χ4v) is 4.28. The molecule has 1 amide bonds. The van der Waals surface area contributed by atoms with Gasteiger partial charge in [0.25, 0.3) is 0 Å². The van der Waals surface area contributed by atoms with Gasteiger partial charge >= 0.3 is 11.9 Å². The van der Waals surface area contributed by atoms with Crippen molar-refractivity contribution in [2.75, 3.05) is 0 Å². The van der Waals surface area contributed by atoms with Crippen LogP contribution in [0.3, 0.4) is 0 Å². The number of hydrogen-bond donors (Lipinski definition) is 2. The number of fused-ring (bicyclic) bond motifs is 1. The van der Waals surface area contributed by atoms with Crippen molar-refractivity contribution in [1.82, 2.24) is 4.90 Å². The number of benzene rings is 1. The summed E-state index contributed by atoms with van der Waals surface area (Å²) in [7, 11) is 0. The number of nitrogens with zero attached hydrogens (tertiary/aromatic N) is 1. The van der Waals surface area contributed by atoms with Crippen LogP contribution in [0.15, 0.2) is 41.6 Å². The number of aliphatic carboxylic acids is 2. The predicted molar refractivity (Wildman–Crippen MR) is 99.4 cm³/mol. The third-order valence-corrected chi connectivity index (χ3v) is 5.60. The van der Waals surface area contributed by atoms with E-state index in [2.05, 4.69) is 0 Å². The van der Waals surface area contributed by atoms with Gasteiger partial charge in [0.1, 0.15) is 5.41 Å². The summed E-state index contributed by atoms with van der Waals surface area (Å²) in [6.07, 6.45) is 3.62. The lowest BCUT2D eigenvalue weighted by molar-refractivity contribution is -0.148. The molecule has 0 radical (unpaired) electrons. The average molecular weight is 410 g/mol. The Labute approximate surface area is 165 Å². The van der Waals surface area contributed by atoms with Gasteiger partial charge in [-0.25, -0.2) is 4.79 Å². The van der Waals surface area contributed by atoms with E-state index in [0.29, 0.717) is 46.1 Å². The molecule has 1 aliphatic heterocycles. The van der Waals surface area contributed by atoms with Crippen molar-refractivity contribution < 1.29 is 24.6 Å². The van der Waals surface area contributed by atoms with Crippen molar-refractivity contribution in [2.24, 2.45) is 5.41 Å². The fraction of sp³-hybridized carbons (Fsp3) is 0.316. The first-order valence-corrected chi connectivity index (χ1v) is 9.12. The van der Waals surface area contributed by atoms with Crippen LogP contribution in [0.4, 0.5) is 0 Å². The lowest BCUT2D eigenvalue weighted by Gasteiger charge is -2.34. The van der Waals surface area contributed by atoms with Crippen molar-refractivity contribution in [3.8, 4) is 0 Å². The first-order valence-electron chi connectivity index (χ1n) is 8.37. The number of carboxylic acid groups (broad SMARTS) is 2. The minimum atomic E-state index is -1.33. The average Bonchev–Trinajstić information content (AvgIpc) is 2.89. The number of likely N-dealkylation sites (tertiary alicyclic amines) is 1. The van der Waals surface area contributed by atoms with Gasteiger partial charge in [-0.3, -0.25) is 9.59 Å². The molecule has 27 heavy (non-hydrogen) atoms. The van der Waals surface area contributed by atoms with Gasteiger partial charge < -0.3 is 15.1 Å². The molecule has 1 unspecified atom stereocenters. The second kappa shape index (κ2) is 7.37. The highest BCUT2D eigenvalue weighted by Crippen LogP contribution is 2.51. The summed E-state index contributed by atoms with van der Waals surface area (Å²) in [6, 6.07) is 4.90. The molecule has 142 valence electrons. The molecule has 1 aliphatic carbocycles. The van der Waals surface area contributed by atoms with Crippen molar-refractivity contribution in [1.29, 1.82) is 0 Å². The van der Waals surface area contributed by atoms with Crippen molar-refractivity contribution >= 4 is 41.0 Å². The Morgan fingerprint density at radius 2 is 2.00 bits per heavy atom. The van der Waals surface area contributed by atoms with E-state index in [-0.39, 0.29) is 18.9 Å². The Bertz CT molecular complexity index is 892. The molecule has 2 N–H and O–H groups in total. The Kier molecular flexibility index (Phi) is 5.31. The summed E-state index contributed by atoms with van der Waals surface area (Å²) in [5.41, 5.74) is 0.235. The van der Waals surface area contributed by atoms with Crippen molar-refractivity contribution in [2.45, 2.75) is 32.2 Å². The molecule has 1 atom stereocenters. The second-order valence-electron chi connectivity index (χ2n) is 6.68. The molecule has 8 heteroatoms. The minimum absolute atomic E-state index is 0.101. The van der Waals surface area contributed by atoms with Crippen LogP contribution < -0.4 is 0 Å². The number of carboxylic acids is 2. The zero-order valence-electron chi connectivity index (χ0n) is 14.2. The van der Waals surface area contributed by atoms with E-state index < -0.39 is 17.4 Å². The highest BCUT2D eigenvalue weighted by molar-refractivity contribution is 6.35. The van der Waals surface area contributed by atoms with Crippen LogP contribution in [0.25, 0.3) is 0 Å². The number of allylic oxidation sites excluding steroid dienone is 2. The number of halogens is 2. The summed E-state index contributed by atoms with van der Waals surface area (Å²) in [5.74, 6) is -2.52. The van der Waals surface area contributed by atoms with Crippen molar-refractivity contribution in [3.05, 3.63) is 57.2 Å². The molecule has 0 aromatic heterocycles. The Morgan fingerprint density at radius 1 is 1.26 bits per heavy atom. The van der Waals surface area contributed by atoms with E-state index >= 15 is 0 Å². The smallest absolute Gasteiger partial charge is 0.328 e. The van der Waals surface area contributed by atoms with E-state index in [4.69, 9.17) is 28.3 Å². The third kappa shape index (κ3) is 3.59. The summed E-state index contributed by atoms with van der Waals surface area (Å²) in [4.78, 5) is 37.2. The first kappa shape index (κ1) is 19.5. The van der Waals surface area contributed by atoms with E-state index in [1.165, 1.54) is 11.0 Å². The fourth-order valence-electron chi connectivity index (χ4n) is 3.81. The van der Waals surface area contributed by atoms with E-state index in [0.717, 1.165) is 6.08 Å². The highest BCUT2D eigenvalue weighted by Gasteiger charge is 2.55. The van der Waals surface area contributed by atoms with Gasteiger partial charge in [0, 0.05) is 28.2 Å². The van der Waals surface area contributed by atoms with Crippen LogP contribution in [0.2, 0.25) is 10.0 Å². The molecule has 1 aromatic rings. The molecule has 0 bridgehead atoms. The van der Waals surface area contributed by atoms with Crippen LogP contribution in [0.1, 0.15) is 31.2 Å². The van der Waals surface area contributed by atoms with Gasteiger partial charge in [-0.2, -0.15) is 0 Å². The van der Waals surface area contributed by atoms with Gasteiger partial charge in [0.2, 0.25) is 5.91 Å². The standard InChI is InChI=1S/C19H17Cl2NO5/c20-13-5-3-12(14(21)8-13)10-22-15(23)9-19(18(26)27)7-1-2-11(17(19)22)4-6-16(24)25/h3-6,8H,1-2,7,9-10H2,(H,24,25)(H,26,27)/b6-4+. The zero-order valence-corrected chi connectivity index (χ0v) is 15.8. The van der Waals surface area contributed by atoms with Gasteiger partial charge in [-0.15, -0.1) is 0 Å². The molecule has 1 aromatic carbocycles. The van der Waals surface area contributed by atoms with Crippen LogP contribution >= 0.6 is 23.2 Å². The maximum Gasteiger partial charge on any atom is 0.328 e. The van der Waals surface area contributed by atoms with Crippen LogP contribution in [-0.2, 0) is 20.9 Å². The van der Waals surface area contributed by atoms with E-state index in [1.54, 1.807) is 18.2 Å². The Morgan fingerprint density at radius 3 is 2.63 bits per heavy atom. The quantitative estimate of drug-likeness (QED) is 0.719. The monoisotopic (exact) mass is 409 g/mol. The second-order valence-corrected chi connectivity index (χ2v) is 7.52. The normalized spacial score (nSPS) is 22.4. The summed E-state index contributed by atoms with van der Waals surface area (Å²) < 4.78 is 0. The maximum absolute atomic E-state index is 12.7. The van der Waals surface area contributed by atoms with Gasteiger partial charge in [-0.05, 0) is 42.5 Å². The first-order chi connectivity index (χ1) is 12.7. The van der Waals surface area contributed by atoms with E-state index in [9.17, 15) is 19.5 Å². The molecule has 0 spiro atoms. The molecule has 1 fully saturated rings. The minimum Gasteiger partial charge on any atom is -0.481 e. The molecule has 0 saturated carbocycles. The van der Waals surface area contributed by atoms with Crippen LogP contribution in [0.5, 0.6) is 0 Å². The summed E-state index contributed by atoms with van der Waals surface area (Å²) in [6.45, 7) is 0.101. The zero-order chi connectivity index (χ0) is 19.8. The summed E-state index contributed by atoms with van der Waals surface area (Å²) in [5, 5.41) is 19.7. The topological polar surface area (TPSA) is 94.9 Å². The predicted octanol–water partition coefficient (Wildman–Crippen LogP) is 3.88. The molecular formula is C19H17Cl2NO5. The summed E-state index contributed by atoms with van der Waals surface area (Å²) >= 11 is 12.1. The molecular weight excluding hydrogens is 393 g/mol. The SMILES string of the molecule is O=C(O)/C=C/C1=C2N(Cc3ccc(Cl)cc3Cl)C(=O)CC2(C(=O)O)CCC1. The maximum atomic E-state index is 12.7. The van der Waals surface area contributed by atoms with Crippen LogP contribution in [0, 0.1) is 5.41 Å². The lowest BCUT2D eigenvalue weighted by atomic mass is 9.73. The molecule has 6 nitrogen and oxygen atoms in total.